The van der Waals surface area contributed by atoms with Gasteiger partial charge in [0.2, 0.25) is 10.0 Å². The van der Waals surface area contributed by atoms with Crippen LogP contribution in [0.1, 0.15) is 37.0 Å². The van der Waals surface area contributed by atoms with Gasteiger partial charge in [-0.15, -0.1) is 0 Å². The Morgan fingerprint density at radius 3 is 2.61 bits per heavy atom. The minimum atomic E-state index is -3.69. The van der Waals surface area contributed by atoms with Crippen LogP contribution in [-0.4, -0.2) is 39.0 Å². The summed E-state index contributed by atoms with van der Waals surface area (Å²) in [6.45, 7) is 3.03. The fourth-order valence-corrected chi connectivity index (χ4v) is 3.18. The van der Waals surface area contributed by atoms with Crippen molar-refractivity contribution in [1.82, 2.24) is 10.0 Å². The molecule has 23 heavy (non-hydrogen) atoms. The predicted molar refractivity (Wildman–Crippen MR) is 83.3 cm³/mol. The number of carbonyl (C=O) groups excluding carboxylic acids is 2. The summed E-state index contributed by atoms with van der Waals surface area (Å²) >= 11 is 0. The molecular weight excluding hydrogens is 320 g/mol. The van der Waals surface area contributed by atoms with Crippen molar-refractivity contribution in [3.63, 3.8) is 0 Å². The average Bonchev–Trinajstić information content (AvgIpc) is 3.27. The minimum Gasteiger partial charge on any atom is -0.452 e. The maximum absolute atomic E-state index is 12.1. The van der Waals surface area contributed by atoms with E-state index in [0.29, 0.717) is 0 Å². The van der Waals surface area contributed by atoms with Crippen LogP contribution in [0.5, 0.6) is 0 Å². The van der Waals surface area contributed by atoms with E-state index in [-0.39, 0.29) is 35.1 Å². The zero-order valence-electron chi connectivity index (χ0n) is 13.0. The molecule has 0 heterocycles. The lowest BCUT2D eigenvalue weighted by molar-refractivity contribution is -0.124. The number of amides is 1. The molecule has 0 aromatic heterocycles. The number of carbonyl (C=O) groups is 2. The molecule has 0 unspecified atom stereocenters. The quantitative estimate of drug-likeness (QED) is 0.715. The Kier molecular flexibility index (Phi) is 5.38. The summed E-state index contributed by atoms with van der Waals surface area (Å²) in [7, 11) is -3.69. The van der Waals surface area contributed by atoms with Crippen LogP contribution in [0.4, 0.5) is 0 Å². The molecule has 8 heteroatoms. The summed E-state index contributed by atoms with van der Waals surface area (Å²) < 4.78 is 31.5. The van der Waals surface area contributed by atoms with Gasteiger partial charge in [-0.05, 0) is 44.9 Å². The van der Waals surface area contributed by atoms with E-state index in [4.69, 9.17) is 4.74 Å². The van der Waals surface area contributed by atoms with Gasteiger partial charge < -0.3 is 10.1 Å². The lowest BCUT2D eigenvalue weighted by Crippen LogP contribution is -2.31. The van der Waals surface area contributed by atoms with Gasteiger partial charge in [0.1, 0.15) is 0 Å². The number of rotatable bonds is 7. The number of sulfonamides is 1. The second-order valence-corrected chi connectivity index (χ2v) is 7.44. The van der Waals surface area contributed by atoms with Gasteiger partial charge in [0.25, 0.3) is 5.91 Å². The first-order chi connectivity index (χ1) is 10.8. The molecule has 1 aliphatic carbocycles. The molecule has 0 spiro atoms. The average molecular weight is 340 g/mol. The van der Waals surface area contributed by atoms with Crippen molar-refractivity contribution in [3.8, 4) is 0 Å². The lowest BCUT2D eigenvalue weighted by Gasteiger charge is -2.10. The van der Waals surface area contributed by atoms with E-state index in [1.165, 1.54) is 24.3 Å². The second kappa shape index (κ2) is 7.10. The van der Waals surface area contributed by atoms with E-state index in [9.17, 15) is 18.0 Å². The maximum Gasteiger partial charge on any atom is 0.338 e. The molecule has 1 aromatic carbocycles. The van der Waals surface area contributed by atoms with Crippen molar-refractivity contribution in [3.05, 3.63) is 29.8 Å². The molecule has 0 radical (unpaired) electrons. The fraction of sp³-hybridized carbons (Fsp3) is 0.467. The number of benzene rings is 1. The third-order valence-electron chi connectivity index (χ3n) is 3.05. The Balaban J connectivity index is 2.00. The van der Waals surface area contributed by atoms with Crippen LogP contribution in [0.15, 0.2) is 29.2 Å². The van der Waals surface area contributed by atoms with E-state index >= 15 is 0 Å². The first-order valence-electron chi connectivity index (χ1n) is 7.37. The molecule has 1 saturated carbocycles. The van der Waals surface area contributed by atoms with Gasteiger partial charge in [-0.2, -0.15) is 0 Å². The van der Waals surface area contributed by atoms with E-state index in [1.807, 2.05) is 0 Å². The molecule has 1 amide bonds. The molecule has 0 saturated heterocycles. The van der Waals surface area contributed by atoms with Crippen LogP contribution >= 0.6 is 0 Å². The Morgan fingerprint density at radius 1 is 1.30 bits per heavy atom. The molecule has 1 fully saturated rings. The number of hydrogen-bond donors (Lipinski definition) is 2. The Labute approximate surface area is 135 Å². The second-order valence-electron chi connectivity index (χ2n) is 5.72. The molecule has 1 aliphatic rings. The van der Waals surface area contributed by atoms with Gasteiger partial charge in [0.05, 0.1) is 10.5 Å². The van der Waals surface area contributed by atoms with Gasteiger partial charge in [-0.1, -0.05) is 6.07 Å². The molecule has 0 atom stereocenters. The Morgan fingerprint density at radius 2 is 2.00 bits per heavy atom. The topological polar surface area (TPSA) is 102 Å². The monoisotopic (exact) mass is 340 g/mol. The fourth-order valence-electron chi connectivity index (χ4n) is 1.88. The summed E-state index contributed by atoms with van der Waals surface area (Å²) in [6.07, 6.45) is 1.89. The third-order valence-corrected chi connectivity index (χ3v) is 4.70. The van der Waals surface area contributed by atoms with Crippen molar-refractivity contribution >= 4 is 21.9 Å². The zero-order chi connectivity index (χ0) is 17.0. The predicted octanol–water partition coefficient (Wildman–Crippen LogP) is 0.809. The van der Waals surface area contributed by atoms with Crippen molar-refractivity contribution in [1.29, 1.82) is 0 Å². The van der Waals surface area contributed by atoms with Crippen LogP contribution in [0.2, 0.25) is 0 Å². The van der Waals surface area contributed by atoms with Crippen LogP contribution in [-0.2, 0) is 19.6 Å². The molecule has 126 valence electrons. The van der Waals surface area contributed by atoms with Crippen molar-refractivity contribution in [2.75, 3.05) is 6.61 Å². The van der Waals surface area contributed by atoms with Gasteiger partial charge in [0.15, 0.2) is 6.61 Å². The molecule has 1 aromatic rings. The van der Waals surface area contributed by atoms with Gasteiger partial charge in [-0.3, -0.25) is 4.79 Å². The van der Waals surface area contributed by atoms with E-state index in [2.05, 4.69) is 10.0 Å². The number of nitrogens with one attached hydrogen (secondary N) is 2. The highest BCUT2D eigenvalue weighted by Crippen LogP contribution is 2.18. The van der Waals surface area contributed by atoms with Crippen LogP contribution in [0, 0.1) is 0 Å². The van der Waals surface area contributed by atoms with Gasteiger partial charge in [-0.25, -0.2) is 17.9 Å². The van der Waals surface area contributed by atoms with E-state index in [0.717, 1.165) is 12.8 Å². The molecular formula is C15H20N2O5S. The zero-order valence-corrected chi connectivity index (χ0v) is 13.9. The highest BCUT2D eigenvalue weighted by molar-refractivity contribution is 7.89. The summed E-state index contributed by atoms with van der Waals surface area (Å²) in [5.74, 6) is -1.09. The highest BCUT2D eigenvalue weighted by Gasteiger charge is 2.24. The standard InChI is InChI=1S/C15H20N2O5S/c1-10(2)17-23(20,21)13-5-3-4-11(8-13)15(19)22-9-14(18)16-12-6-7-12/h3-5,8,10,12,17H,6-7,9H2,1-2H3,(H,16,18). The molecule has 2 rings (SSSR count). The smallest absolute Gasteiger partial charge is 0.338 e. The molecule has 0 bridgehead atoms. The van der Waals surface area contributed by atoms with Crippen molar-refractivity contribution in [2.24, 2.45) is 0 Å². The normalized spacial score (nSPS) is 14.6. The Bertz CT molecular complexity index is 696. The number of hydrogen-bond acceptors (Lipinski definition) is 5. The molecule has 2 N–H and O–H groups in total. The summed E-state index contributed by atoms with van der Waals surface area (Å²) in [6, 6.07) is 5.44. The highest BCUT2D eigenvalue weighted by atomic mass is 32.2. The SMILES string of the molecule is CC(C)NS(=O)(=O)c1cccc(C(=O)OCC(=O)NC2CC2)c1. The number of esters is 1. The van der Waals surface area contributed by atoms with Gasteiger partial charge in [0, 0.05) is 12.1 Å². The summed E-state index contributed by atoms with van der Waals surface area (Å²) in [5.41, 5.74) is 0.0795. The molecule has 7 nitrogen and oxygen atoms in total. The lowest BCUT2D eigenvalue weighted by atomic mass is 10.2. The first kappa shape index (κ1) is 17.4. The van der Waals surface area contributed by atoms with Gasteiger partial charge >= 0.3 is 5.97 Å². The van der Waals surface area contributed by atoms with E-state index < -0.39 is 16.0 Å². The van der Waals surface area contributed by atoms with Crippen LogP contribution in [0.3, 0.4) is 0 Å². The van der Waals surface area contributed by atoms with Crippen molar-refractivity contribution in [2.45, 2.75) is 43.7 Å². The Hall–Kier alpha value is -1.93. The summed E-state index contributed by atoms with van der Waals surface area (Å²) in [4.78, 5) is 23.4. The van der Waals surface area contributed by atoms with Crippen LogP contribution < -0.4 is 10.0 Å². The van der Waals surface area contributed by atoms with Crippen molar-refractivity contribution < 1.29 is 22.7 Å². The largest absolute Gasteiger partial charge is 0.452 e. The minimum absolute atomic E-state index is 0.0249. The maximum atomic E-state index is 12.1. The third kappa shape index (κ3) is 5.33. The summed E-state index contributed by atoms with van der Waals surface area (Å²) in [5, 5.41) is 2.70. The number of ether oxygens (including phenoxy) is 1. The first-order valence-corrected chi connectivity index (χ1v) is 8.85. The van der Waals surface area contributed by atoms with E-state index in [1.54, 1.807) is 13.8 Å². The van der Waals surface area contributed by atoms with Crippen LogP contribution in [0.25, 0.3) is 0 Å². The molecule has 0 aliphatic heterocycles.